The van der Waals surface area contributed by atoms with E-state index >= 15 is 0 Å². The lowest BCUT2D eigenvalue weighted by Gasteiger charge is -2.37. The van der Waals surface area contributed by atoms with Crippen LogP contribution >= 0.6 is 0 Å². The minimum atomic E-state index is -0.999. The number of Topliss-reactive ketones (excluding diaryl/α,β-unsaturated/α-hetero) is 1. The molecular weight excluding hydrogens is 250 g/mol. The molecule has 0 spiro atoms. The Balaban J connectivity index is 2.32. The second-order valence-corrected chi connectivity index (χ2v) is 5.36. The first-order chi connectivity index (χ1) is 8.98. The topological polar surface area (TPSA) is 26.3 Å². The van der Waals surface area contributed by atoms with Gasteiger partial charge in [0, 0.05) is 12.7 Å². The molecule has 1 aliphatic carbocycles. The summed E-state index contributed by atoms with van der Waals surface area (Å²) in [4.78, 5) is 12.5. The molecule has 0 radical (unpaired) electrons. The van der Waals surface area contributed by atoms with Crippen molar-refractivity contribution >= 4 is 5.78 Å². The standard InChI is InChI=1S/C15H18F2O2/c1-10-4-3-7-15(9-10,19-2)14(18)11-5-6-12(16)13(17)8-11/h5-6,8,10H,3-4,7,9H2,1-2H3. The number of hydrogen-bond donors (Lipinski definition) is 0. The van der Waals surface area contributed by atoms with Gasteiger partial charge in [0.15, 0.2) is 17.4 Å². The molecule has 4 heteroatoms. The molecule has 0 aliphatic heterocycles. The first-order valence-corrected chi connectivity index (χ1v) is 6.53. The molecule has 0 bridgehead atoms. The molecule has 0 N–H and O–H groups in total. The minimum absolute atomic E-state index is 0.176. The number of carbonyl (C=O) groups is 1. The van der Waals surface area contributed by atoms with Crippen LogP contribution < -0.4 is 0 Å². The zero-order valence-electron chi connectivity index (χ0n) is 11.2. The zero-order valence-corrected chi connectivity index (χ0v) is 11.2. The normalized spacial score (nSPS) is 27.3. The van der Waals surface area contributed by atoms with Crippen molar-refractivity contribution in [3.05, 3.63) is 35.4 Å². The molecule has 2 unspecified atom stereocenters. The summed E-state index contributed by atoms with van der Waals surface area (Å²) in [6, 6.07) is 3.26. The maximum atomic E-state index is 13.2. The van der Waals surface area contributed by atoms with E-state index in [4.69, 9.17) is 4.74 Å². The third-order valence-electron chi connectivity index (χ3n) is 3.94. The third kappa shape index (κ3) is 2.68. The van der Waals surface area contributed by atoms with Crippen molar-refractivity contribution in [1.82, 2.24) is 0 Å². The fourth-order valence-corrected chi connectivity index (χ4v) is 2.89. The third-order valence-corrected chi connectivity index (χ3v) is 3.94. The van der Waals surface area contributed by atoms with Gasteiger partial charge in [0.2, 0.25) is 0 Å². The van der Waals surface area contributed by atoms with Gasteiger partial charge in [0.25, 0.3) is 0 Å². The van der Waals surface area contributed by atoms with E-state index in [9.17, 15) is 13.6 Å². The molecule has 1 saturated carbocycles. The van der Waals surface area contributed by atoms with Crippen LogP contribution in [-0.4, -0.2) is 18.5 Å². The van der Waals surface area contributed by atoms with Gasteiger partial charge in [-0.25, -0.2) is 8.78 Å². The van der Waals surface area contributed by atoms with E-state index in [1.54, 1.807) is 0 Å². The quantitative estimate of drug-likeness (QED) is 0.780. The SMILES string of the molecule is COC1(C(=O)c2ccc(F)c(F)c2)CCCC(C)C1. The molecule has 1 aromatic rings. The van der Waals surface area contributed by atoms with Crippen molar-refractivity contribution in [2.45, 2.75) is 38.2 Å². The van der Waals surface area contributed by atoms with Crippen molar-refractivity contribution in [2.24, 2.45) is 5.92 Å². The van der Waals surface area contributed by atoms with Gasteiger partial charge < -0.3 is 4.74 Å². The molecule has 1 fully saturated rings. The van der Waals surface area contributed by atoms with Crippen molar-refractivity contribution in [1.29, 1.82) is 0 Å². The summed E-state index contributed by atoms with van der Waals surface area (Å²) in [6.07, 6.45) is 3.23. The molecule has 0 aromatic heterocycles. The molecule has 2 nitrogen and oxygen atoms in total. The van der Waals surface area contributed by atoms with Crippen molar-refractivity contribution in [3.63, 3.8) is 0 Å². The summed E-state index contributed by atoms with van der Waals surface area (Å²) in [5.74, 6) is -1.80. The zero-order chi connectivity index (χ0) is 14.0. The summed E-state index contributed by atoms with van der Waals surface area (Å²) >= 11 is 0. The predicted molar refractivity (Wildman–Crippen MR) is 68.1 cm³/mol. The second kappa shape index (κ2) is 5.37. The van der Waals surface area contributed by atoms with Crippen molar-refractivity contribution in [2.75, 3.05) is 7.11 Å². The van der Waals surface area contributed by atoms with E-state index in [1.807, 2.05) is 0 Å². The van der Waals surface area contributed by atoms with Gasteiger partial charge in [0.1, 0.15) is 5.60 Å². The van der Waals surface area contributed by atoms with Crippen LogP contribution in [0.2, 0.25) is 0 Å². The number of rotatable bonds is 3. The smallest absolute Gasteiger partial charge is 0.194 e. The molecule has 2 rings (SSSR count). The van der Waals surface area contributed by atoms with Crippen LogP contribution in [0.4, 0.5) is 8.78 Å². The van der Waals surface area contributed by atoms with Crippen LogP contribution in [0.15, 0.2) is 18.2 Å². The Morgan fingerprint density at radius 1 is 1.37 bits per heavy atom. The Hall–Kier alpha value is -1.29. The van der Waals surface area contributed by atoms with Gasteiger partial charge in [-0.2, -0.15) is 0 Å². The Bertz CT molecular complexity index is 487. The van der Waals surface area contributed by atoms with Crippen LogP contribution in [-0.2, 0) is 4.74 Å². The first-order valence-electron chi connectivity index (χ1n) is 6.53. The lowest BCUT2D eigenvalue weighted by molar-refractivity contribution is -0.0303. The van der Waals surface area contributed by atoms with Gasteiger partial charge in [0.05, 0.1) is 0 Å². The summed E-state index contributed by atoms with van der Waals surface area (Å²) in [5.41, 5.74) is -0.711. The van der Waals surface area contributed by atoms with Gasteiger partial charge >= 0.3 is 0 Å². The van der Waals surface area contributed by atoms with Crippen molar-refractivity contribution < 1.29 is 18.3 Å². The van der Waals surface area contributed by atoms with E-state index in [0.717, 1.165) is 25.0 Å². The number of methoxy groups -OCH3 is 1. The summed E-state index contributed by atoms with van der Waals surface area (Å²) < 4.78 is 31.6. The number of ketones is 1. The van der Waals surface area contributed by atoms with E-state index in [-0.39, 0.29) is 11.3 Å². The molecule has 1 aliphatic rings. The number of carbonyl (C=O) groups excluding carboxylic acids is 1. The van der Waals surface area contributed by atoms with Crippen LogP contribution in [0, 0.1) is 17.6 Å². The summed E-state index contributed by atoms with van der Waals surface area (Å²) in [5, 5.41) is 0. The fourth-order valence-electron chi connectivity index (χ4n) is 2.89. The van der Waals surface area contributed by atoms with Crippen LogP contribution in [0.5, 0.6) is 0 Å². The highest BCUT2D eigenvalue weighted by Crippen LogP contribution is 2.37. The monoisotopic (exact) mass is 268 g/mol. The van der Waals surface area contributed by atoms with Crippen LogP contribution in [0.3, 0.4) is 0 Å². The lowest BCUT2D eigenvalue weighted by Crippen LogP contribution is -2.44. The number of benzene rings is 1. The summed E-state index contributed by atoms with van der Waals surface area (Å²) in [7, 11) is 1.51. The van der Waals surface area contributed by atoms with Gasteiger partial charge in [-0.15, -0.1) is 0 Å². The second-order valence-electron chi connectivity index (χ2n) is 5.36. The maximum absolute atomic E-state index is 13.2. The van der Waals surface area contributed by atoms with E-state index < -0.39 is 17.2 Å². The Labute approximate surface area is 111 Å². The molecule has 104 valence electrons. The number of hydrogen-bond acceptors (Lipinski definition) is 2. The molecular formula is C15H18F2O2. The molecule has 0 heterocycles. The molecule has 2 atom stereocenters. The average molecular weight is 268 g/mol. The molecule has 1 aromatic carbocycles. The Kier molecular flexibility index (Phi) is 3.99. The number of ether oxygens (including phenoxy) is 1. The maximum Gasteiger partial charge on any atom is 0.194 e. The molecule has 19 heavy (non-hydrogen) atoms. The highest BCUT2D eigenvalue weighted by Gasteiger charge is 2.42. The van der Waals surface area contributed by atoms with Crippen molar-refractivity contribution in [3.8, 4) is 0 Å². The number of halogens is 2. The molecule has 0 amide bonds. The Morgan fingerprint density at radius 3 is 2.68 bits per heavy atom. The largest absolute Gasteiger partial charge is 0.370 e. The van der Waals surface area contributed by atoms with Crippen LogP contribution in [0.25, 0.3) is 0 Å². The molecule has 0 saturated heterocycles. The highest BCUT2D eigenvalue weighted by atomic mass is 19.2. The van der Waals surface area contributed by atoms with Gasteiger partial charge in [-0.3, -0.25) is 4.79 Å². The fraction of sp³-hybridized carbons (Fsp3) is 0.533. The summed E-state index contributed by atoms with van der Waals surface area (Å²) in [6.45, 7) is 2.07. The minimum Gasteiger partial charge on any atom is -0.370 e. The Morgan fingerprint density at radius 2 is 2.11 bits per heavy atom. The average Bonchev–Trinajstić information content (AvgIpc) is 2.41. The first kappa shape index (κ1) is 14.1. The van der Waals surface area contributed by atoms with E-state index in [0.29, 0.717) is 18.8 Å². The predicted octanol–water partition coefficient (Wildman–Crippen LogP) is 3.74. The highest BCUT2D eigenvalue weighted by molar-refractivity contribution is 6.02. The van der Waals surface area contributed by atoms with E-state index in [2.05, 4.69) is 6.92 Å². The van der Waals surface area contributed by atoms with Gasteiger partial charge in [-0.1, -0.05) is 13.3 Å². The van der Waals surface area contributed by atoms with E-state index in [1.165, 1.54) is 13.2 Å². The van der Waals surface area contributed by atoms with Crippen LogP contribution in [0.1, 0.15) is 43.0 Å². The lowest BCUT2D eigenvalue weighted by atomic mass is 9.75. The van der Waals surface area contributed by atoms with Gasteiger partial charge in [-0.05, 0) is 43.4 Å².